The number of rotatable bonds is 6. The molecule has 1 aliphatic heterocycles. The quantitative estimate of drug-likeness (QED) is 0.842. The molecule has 102 valence electrons. The Bertz CT molecular complexity index is 343. The summed E-state index contributed by atoms with van der Waals surface area (Å²) in [5.74, 6) is 0.690. The smallest absolute Gasteiger partial charge is 0.0770 e. The van der Waals surface area contributed by atoms with Crippen LogP contribution in [0.5, 0.6) is 0 Å². The Balaban J connectivity index is 1.74. The Hall–Kier alpha value is -0.870. The molecule has 0 radical (unpaired) electrons. The lowest BCUT2D eigenvalue weighted by Gasteiger charge is -2.22. The van der Waals surface area contributed by atoms with E-state index in [1.807, 2.05) is 10.9 Å². The Morgan fingerprint density at radius 2 is 2.39 bits per heavy atom. The van der Waals surface area contributed by atoms with Crippen LogP contribution in [0.4, 0.5) is 0 Å². The monoisotopic (exact) mass is 251 g/mol. The average Bonchev–Trinajstić information content (AvgIpc) is 2.78. The van der Waals surface area contributed by atoms with E-state index in [-0.39, 0.29) is 0 Å². The highest BCUT2D eigenvalue weighted by molar-refractivity contribution is 5.03. The summed E-state index contributed by atoms with van der Waals surface area (Å²) in [6.07, 6.45) is 8.10. The molecule has 1 atom stereocenters. The van der Waals surface area contributed by atoms with Crippen LogP contribution >= 0.6 is 0 Å². The van der Waals surface area contributed by atoms with Crippen molar-refractivity contribution in [2.45, 2.75) is 52.3 Å². The van der Waals surface area contributed by atoms with E-state index in [0.29, 0.717) is 12.0 Å². The number of nitrogens with zero attached hydrogens (tertiary/aromatic N) is 2. The molecule has 0 spiro atoms. The van der Waals surface area contributed by atoms with Gasteiger partial charge in [0.05, 0.1) is 18.8 Å². The molecule has 1 N–H and O–H groups in total. The van der Waals surface area contributed by atoms with Crippen molar-refractivity contribution in [3.05, 3.63) is 18.0 Å². The summed E-state index contributed by atoms with van der Waals surface area (Å²) in [7, 11) is 0. The maximum atomic E-state index is 5.73. The molecule has 2 rings (SSSR count). The molecular formula is C14H25N3O. The molecule has 1 aromatic rings. The number of nitrogens with one attached hydrogen (secondary N) is 1. The second-order valence-corrected chi connectivity index (χ2v) is 5.58. The lowest BCUT2D eigenvalue weighted by Crippen LogP contribution is -2.24. The summed E-state index contributed by atoms with van der Waals surface area (Å²) in [5.41, 5.74) is 1.26. The van der Waals surface area contributed by atoms with E-state index in [1.54, 1.807) is 0 Å². The highest BCUT2D eigenvalue weighted by Crippen LogP contribution is 2.14. The molecule has 1 aromatic heterocycles. The van der Waals surface area contributed by atoms with Gasteiger partial charge in [-0.05, 0) is 31.7 Å². The number of hydrogen-bond donors (Lipinski definition) is 1. The third-order valence-electron chi connectivity index (χ3n) is 3.23. The molecule has 2 heterocycles. The highest BCUT2D eigenvalue weighted by atomic mass is 16.5. The minimum absolute atomic E-state index is 0.357. The molecule has 1 aliphatic rings. The van der Waals surface area contributed by atoms with Crippen LogP contribution in [0.1, 0.15) is 38.7 Å². The van der Waals surface area contributed by atoms with Crippen molar-refractivity contribution in [3.8, 4) is 0 Å². The zero-order valence-corrected chi connectivity index (χ0v) is 11.6. The van der Waals surface area contributed by atoms with Gasteiger partial charge in [-0.1, -0.05) is 13.8 Å². The lowest BCUT2D eigenvalue weighted by molar-refractivity contribution is 0.00398. The highest BCUT2D eigenvalue weighted by Gasteiger charge is 2.14. The Labute approximate surface area is 110 Å². The molecule has 0 amide bonds. The van der Waals surface area contributed by atoms with Crippen molar-refractivity contribution >= 4 is 0 Å². The van der Waals surface area contributed by atoms with Crippen molar-refractivity contribution in [2.75, 3.05) is 13.2 Å². The Morgan fingerprint density at radius 3 is 3.11 bits per heavy atom. The first-order valence-electron chi connectivity index (χ1n) is 7.07. The van der Waals surface area contributed by atoms with E-state index in [1.165, 1.54) is 24.8 Å². The van der Waals surface area contributed by atoms with E-state index >= 15 is 0 Å². The van der Waals surface area contributed by atoms with Crippen molar-refractivity contribution in [3.63, 3.8) is 0 Å². The van der Waals surface area contributed by atoms with Gasteiger partial charge in [-0.3, -0.25) is 4.68 Å². The molecule has 0 aromatic carbocycles. The maximum absolute atomic E-state index is 5.73. The zero-order chi connectivity index (χ0) is 12.8. The molecule has 1 fully saturated rings. The fourth-order valence-electron chi connectivity index (χ4n) is 2.26. The zero-order valence-electron chi connectivity index (χ0n) is 11.6. The van der Waals surface area contributed by atoms with Crippen LogP contribution in [0, 0.1) is 5.92 Å². The molecule has 4 heteroatoms. The van der Waals surface area contributed by atoms with Gasteiger partial charge < -0.3 is 10.1 Å². The fraction of sp³-hybridized carbons (Fsp3) is 0.786. The second kappa shape index (κ2) is 6.90. The van der Waals surface area contributed by atoms with Crippen LogP contribution in [0.2, 0.25) is 0 Å². The normalized spacial score (nSPS) is 20.5. The molecule has 1 unspecified atom stereocenters. The molecule has 4 nitrogen and oxygen atoms in total. The van der Waals surface area contributed by atoms with E-state index < -0.39 is 0 Å². The van der Waals surface area contributed by atoms with Crippen LogP contribution in [-0.4, -0.2) is 29.0 Å². The van der Waals surface area contributed by atoms with Gasteiger partial charge in [0.1, 0.15) is 0 Å². The van der Waals surface area contributed by atoms with Gasteiger partial charge >= 0.3 is 0 Å². The standard InChI is InChI=1S/C14H25N3O/c1-12(2)7-15-8-13-9-16-17(10-13)11-14-5-3-4-6-18-14/h9-10,12,14-15H,3-8,11H2,1-2H3. The van der Waals surface area contributed by atoms with Crippen LogP contribution < -0.4 is 5.32 Å². The van der Waals surface area contributed by atoms with E-state index in [0.717, 1.165) is 26.2 Å². The fourth-order valence-corrected chi connectivity index (χ4v) is 2.26. The van der Waals surface area contributed by atoms with Crippen LogP contribution in [0.15, 0.2) is 12.4 Å². The summed E-state index contributed by atoms with van der Waals surface area (Å²) in [5, 5.41) is 7.84. The molecule has 0 aliphatic carbocycles. The van der Waals surface area contributed by atoms with E-state index in [4.69, 9.17) is 4.74 Å². The van der Waals surface area contributed by atoms with Gasteiger partial charge in [0.15, 0.2) is 0 Å². The molecule has 18 heavy (non-hydrogen) atoms. The minimum atomic E-state index is 0.357. The molecule has 0 bridgehead atoms. The average molecular weight is 251 g/mol. The van der Waals surface area contributed by atoms with Gasteiger partial charge in [-0.25, -0.2) is 0 Å². The number of hydrogen-bond acceptors (Lipinski definition) is 3. The van der Waals surface area contributed by atoms with Crippen molar-refractivity contribution < 1.29 is 4.74 Å². The number of aromatic nitrogens is 2. The molecule has 0 saturated carbocycles. The lowest BCUT2D eigenvalue weighted by atomic mass is 10.1. The van der Waals surface area contributed by atoms with Crippen molar-refractivity contribution in [1.29, 1.82) is 0 Å². The topological polar surface area (TPSA) is 39.1 Å². The summed E-state index contributed by atoms with van der Waals surface area (Å²) >= 11 is 0. The Morgan fingerprint density at radius 1 is 1.50 bits per heavy atom. The summed E-state index contributed by atoms with van der Waals surface area (Å²) in [6.45, 7) is 8.20. The first kappa shape index (κ1) is 13.6. The predicted octanol–water partition coefficient (Wildman–Crippen LogP) is 2.20. The van der Waals surface area contributed by atoms with Crippen LogP contribution in [0.3, 0.4) is 0 Å². The van der Waals surface area contributed by atoms with Gasteiger partial charge in [0.25, 0.3) is 0 Å². The largest absolute Gasteiger partial charge is 0.376 e. The maximum Gasteiger partial charge on any atom is 0.0770 e. The van der Waals surface area contributed by atoms with Gasteiger partial charge in [0, 0.05) is 24.9 Å². The predicted molar refractivity (Wildman–Crippen MR) is 72.4 cm³/mol. The van der Waals surface area contributed by atoms with Crippen molar-refractivity contribution in [2.24, 2.45) is 5.92 Å². The molecular weight excluding hydrogens is 226 g/mol. The van der Waals surface area contributed by atoms with Gasteiger partial charge in [0.2, 0.25) is 0 Å². The first-order chi connectivity index (χ1) is 8.74. The molecule has 1 saturated heterocycles. The van der Waals surface area contributed by atoms with Gasteiger partial charge in [-0.15, -0.1) is 0 Å². The Kier molecular flexibility index (Phi) is 5.20. The first-order valence-corrected chi connectivity index (χ1v) is 7.07. The third kappa shape index (κ3) is 4.42. The summed E-state index contributed by atoms with van der Waals surface area (Å²) in [4.78, 5) is 0. The minimum Gasteiger partial charge on any atom is -0.376 e. The van der Waals surface area contributed by atoms with Crippen molar-refractivity contribution in [1.82, 2.24) is 15.1 Å². The van der Waals surface area contributed by atoms with Crippen LogP contribution in [0.25, 0.3) is 0 Å². The SMILES string of the molecule is CC(C)CNCc1cnn(CC2CCCCO2)c1. The summed E-state index contributed by atoms with van der Waals surface area (Å²) < 4.78 is 7.74. The van der Waals surface area contributed by atoms with E-state index in [9.17, 15) is 0 Å². The number of ether oxygens (including phenoxy) is 1. The summed E-state index contributed by atoms with van der Waals surface area (Å²) in [6, 6.07) is 0. The van der Waals surface area contributed by atoms with Gasteiger partial charge in [-0.2, -0.15) is 5.10 Å². The third-order valence-corrected chi connectivity index (χ3v) is 3.23. The van der Waals surface area contributed by atoms with Crippen LogP contribution in [-0.2, 0) is 17.8 Å². The second-order valence-electron chi connectivity index (χ2n) is 5.58. The van der Waals surface area contributed by atoms with E-state index in [2.05, 4.69) is 30.5 Å².